The van der Waals surface area contributed by atoms with Crippen LogP contribution in [0.4, 0.5) is 5.69 Å². The number of rotatable bonds is 4. The van der Waals surface area contributed by atoms with Gasteiger partial charge in [0.15, 0.2) is 0 Å². The van der Waals surface area contributed by atoms with Gasteiger partial charge in [-0.2, -0.15) is 0 Å². The molecule has 29 heavy (non-hydrogen) atoms. The fourth-order valence-corrected chi connectivity index (χ4v) is 4.08. The Hall–Kier alpha value is -3.19. The number of thioether (sulfide) groups is 1. The molecule has 1 amide bonds. The van der Waals surface area contributed by atoms with Crippen molar-refractivity contribution in [3.8, 4) is 11.3 Å². The van der Waals surface area contributed by atoms with Gasteiger partial charge >= 0.3 is 11.3 Å². The summed E-state index contributed by atoms with van der Waals surface area (Å²) in [5.74, 6) is 0.657. The van der Waals surface area contributed by atoms with E-state index in [-0.39, 0.29) is 11.5 Å². The van der Waals surface area contributed by atoms with Crippen molar-refractivity contribution < 1.29 is 9.48 Å². The van der Waals surface area contributed by atoms with E-state index >= 15 is 0 Å². The van der Waals surface area contributed by atoms with E-state index in [4.69, 9.17) is 0 Å². The summed E-state index contributed by atoms with van der Waals surface area (Å²) in [7, 11) is 0. The van der Waals surface area contributed by atoms with Crippen molar-refractivity contribution in [2.75, 3.05) is 10.7 Å². The maximum Gasteiger partial charge on any atom is 0.325 e. The lowest BCUT2D eigenvalue weighted by Gasteiger charge is -2.29. The summed E-state index contributed by atoms with van der Waals surface area (Å²) in [6, 6.07) is 17.3. The van der Waals surface area contributed by atoms with Gasteiger partial charge in [-0.05, 0) is 28.1 Å². The fourth-order valence-electron chi connectivity index (χ4n) is 3.49. The molecule has 1 aliphatic heterocycles. The van der Waals surface area contributed by atoms with Gasteiger partial charge in [0.2, 0.25) is 11.1 Å². The minimum absolute atomic E-state index is 0.120. The van der Waals surface area contributed by atoms with Crippen LogP contribution >= 0.6 is 11.8 Å². The van der Waals surface area contributed by atoms with Crippen molar-refractivity contribution >= 4 is 29.4 Å². The molecule has 0 fully saturated rings. The molecule has 1 aromatic heterocycles. The molecule has 2 heterocycles. The van der Waals surface area contributed by atoms with Crippen LogP contribution in [0.25, 0.3) is 17.3 Å². The molecule has 3 aromatic rings. The summed E-state index contributed by atoms with van der Waals surface area (Å²) < 4.78 is 1.65. The lowest BCUT2D eigenvalue weighted by atomic mass is 10.0. The van der Waals surface area contributed by atoms with E-state index in [2.05, 4.69) is 10.1 Å². The first kappa shape index (κ1) is 19.1. The first-order chi connectivity index (χ1) is 14.1. The zero-order chi connectivity index (χ0) is 20.4. The number of carbonyl (C=O) groups is 1. The predicted molar refractivity (Wildman–Crippen MR) is 115 cm³/mol. The van der Waals surface area contributed by atoms with Crippen LogP contribution in [0.5, 0.6) is 0 Å². The molecule has 0 aliphatic carbocycles. The second kappa shape index (κ2) is 8.05. The monoisotopic (exact) mass is 405 g/mol. The molecule has 0 bridgehead atoms. The summed E-state index contributed by atoms with van der Waals surface area (Å²) in [5, 5.41) is 5.20. The van der Waals surface area contributed by atoms with Gasteiger partial charge in [-0.15, -0.1) is 0 Å². The van der Waals surface area contributed by atoms with Crippen LogP contribution in [0.3, 0.4) is 0 Å². The Balaban J connectivity index is 1.95. The molecular formula is C22H21N4O2S+. The first-order valence-electron chi connectivity index (χ1n) is 9.41. The van der Waals surface area contributed by atoms with Crippen molar-refractivity contribution in [3.63, 3.8) is 0 Å². The quantitative estimate of drug-likeness (QED) is 0.533. The highest BCUT2D eigenvalue weighted by Crippen LogP contribution is 2.35. The van der Waals surface area contributed by atoms with Crippen LogP contribution in [-0.2, 0) is 4.79 Å². The maximum atomic E-state index is 13.0. The summed E-state index contributed by atoms with van der Waals surface area (Å²) >= 11 is 1.45. The molecular weight excluding hydrogens is 384 g/mol. The standard InChI is InChI=1S/C22H20N4O2S/c1-3-29-22-23-21(28)20-17-11-7-8-12-18(17)25(15(2)27)19(26(20)24-22)14-13-16-9-5-4-6-10-16/h4-14,19H,3H2,1-2H3/p+1/b14-13+/t19-/m1/s1. The molecule has 0 radical (unpaired) electrons. The van der Waals surface area contributed by atoms with Gasteiger partial charge in [0.1, 0.15) is 0 Å². The summed E-state index contributed by atoms with van der Waals surface area (Å²) in [4.78, 5) is 30.1. The van der Waals surface area contributed by atoms with Crippen LogP contribution < -0.4 is 15.1 Å². The number of amides is 1. The zero-order valence-corrected chi connectivity index (χ0v) is 17.0. The van der Waals surface area contributed by atoms with Gasteiger partial charge in [0.25, 0.3) is 6.17 Å². The Morgan fingerprint density at radius 3 is 2.66 bits per heavy atom. The topological polar surface area (TPSA) is 69.9 Å². The van der Waals surface area contributed by atoms with E-state index in [1.165, 1.54) is 18.7 Å². The number of hydrogen-bond donors (Lipinski definition) is 1. The van der Waals surface area contributed by atoms with Gasteiger partial charge in [-0.1, -0.05) is 67.2 Å². The molecule has 4 rings (SSSR count). The molecule has 7 heteroatoms. The average molecular weight is 406 g/mol. The molecule has 0 spiro atoms. The molecule has 1 atom stereocenters. The Labute approximate surface area is 172 Å². The van der Waals surface area contributed by atoms with Gasteiger partial charge in [0.05, 0.1) is 11.3 Å². The smallest absolute Gasteiger partial charge is 0.291 e. The van der Waals surface area contributed by atoms with Crippen LogP contribution in [-0.4, -0.2) is 21.7 Å². The third-order valence-electron chi connectivity index (χ3n) is 4.68. The highest BCUT2D eigenvalue weighted by molar-refractivity contribution is 7.99. The van der Waals surface area contributed by atoms with Crippen LogP contribution in [0.15, 0.2) is 70.6 Å². The number of aromatic amines is 1. The number of anilines is 1. The normalized spacial score (nSPS) is 15.2. The maximum absolute atomic E-state index is 13.0. The van der Waals surface area contributed by atoms with E-state index in [0.29, 0.717) is 22.1 Å². The number of H-pyrrole nitrogens is 1. The van der Waals surface area contributed by atoms with Crippen LogP contribution in [0.1, 0.15) is 25.6 Å². The summed E-state index contributed by atoms with van der Waals surface area (Å²) in [6.45, 7) is 3.53. The van der Waals surface area contributed by atoms with Crippen molar-refractivity contribution in [3.05, 3.63) is 76.6 Å². The lowest BCUT2D eigenvalue weighted by Crippen LogP contribution is -2.59. The molecule has 1 N–H and O–H groups in total. The van der Waals surface area contributed by atoms with E-state index in [9.17, 15) is 9.59 Å². The van der Waals surface area contributed by atoms with Crippen molar-refractivity contribution in [1.82, 2.24) is 10.1 Å². The third kappa shape index (κ3) is 3.61. The van der Waals surface area contributed by atoms with Gasteiger partial charge < -0.3 is 0 Å². The molecule has 0 saturated carbocycles. The van der Waals surface area contributed by atoms with Crippen molar-refractivity contribution in [2.24, 2.45) is 0 Å². The SMILES string of the molecule is CCSc1n[n+]2c(c(=O)[nH]1)-c1ccccc1N(C(C)=O)[C@H]2/C=C/c1ccccc1. The molecule has 2 aromatic carbocycles. The van der Waals surface area contributed by atoms with Crippen LogP contribution in [0.2, 0.25) is 0 Å². The summed E-state index contributed by atoms with van der Waals surface area (Å²) in [6.07, 6.45) is 3.31. The Kier molecular flexibility index (Phi) is 5.31. The molecule has 1 aliphatic rings. The second-order valence-electron chi connectivity index (χ2n) is 6.58. The highest BCUT2D eigenvalue weighted by Gasteiger charge is 2.42. The number of benzene rings is 2. The predicted octanol–water partition coefficient (Wildman–Crippen LogP) is 3.41. The van der Waals surface area contributed by atoms with E-state index in [0.717, 1.165) is 11.3 Å². The van der Waals surface area contributed by atoms with E-state index < -0.39 is 6.17 Å². The Morgan fingerprint density at radius 2 is 1.93 bits per heavy atom. The minimum Gasteiger partial charge on any atom is -0.291 e. The molecule has 0 saturated heterocycles. The lowest BCUT2D eigenvalue weighted by molar-refractivity contribution is -0.761. The fraction of sp³-hybridized carbons (Fsp3) is 0.182. The molecule has 6 nitrogen and oxygen atoms in total. The highest BCUT2D eigenvalue weighted by atomic mass is 32.2. The summed E-state index contributed by atoms with van der Waals surface area (Å²) in [5.41, 5.74) is 2.62. The number of hydrogen-bond acceptors (Lipinski definition) is 4. The van der Waals surface area contributed by atoms with Crippen molar-refractivity contribution in [2.45, 2.75) is 25.2 Å². The van der Waals surface area contributed by atoms with Gasteiger partial charge in [-0.3, -0.25) is 14.6 Å². The second-order valence-corrected chi connectivity index (χ2v) is 7.83. The largest absolute Gasteiger partial charge is 0.325 e. The number of carbonyl (C=O) groups excluding carboxylic acids is 1. The number of nitrogens with one attached hydrogen (secondary N) is 1. The van der Waals surface area contributed by atoms with Gasteiger partial charge in [-0.25, -0.2) is 4.90 Å². The Bertz CT molecular complexity index is 1140. The number of aromatic nitrogens is 3. The zero-order valence-electron chi connectivity index (χ0n) is 16.2. The van der Waals surface area contributed by atoms with Gasteiger partial charge in [0, 0.05) is 18.1 Å². The molecule has 146 valence electrons. The number of fused-ring (bicyclic) bond motifs is 3. The number of para-hydroxylation sites is 1. The Morgan fingerprint density at radius 1 is 1.21 bits per heavy atom. The number of nitrogens with zero attached hydrogens (tertiary/aromatic N) is 3. The van der Waals surface area contributed by atoms with E-state index in [1.807, 2.05) is 73.7 Å². The minimum atomic E-state index is -0.545. The van der Waals surface area contributed by atoms with Crippen LogP contribution in [0, 0.1) is 0 Å². The van der Waals surface area contributed by atoms with E-state index in [1.54, 1.807) is 9.58 Å². The van der Waals surface area contributed by atoms with Crippen molar-refractivity contribution in [1.29, 1.82) is 0 Å². The first-order valence-corrected chi connectivity index (χ1v) is 10.4. The third-order valence-corrected chi connectivity index (χ3v) is 5.42. The average Bonchev–Trinajstić information content (AvgIpc) is 2.72. The molecule has 0 unspecified atom stereocenters.